The number of rotatable bonds is 3. The summed E-state index contributed by atoms with van der Waals surface area (Å²) in [5, 5.41) is 3.37. The summed E-state index contributed by atoms with van der Waals surface area (Å²) < 4.78 is 25.4. The quantitative estimate of drug-likeness (QED) is 0.847. The van der Waals surface area contributed by atoms with Crippen LogP contribution < -0.4 is 5.32 Å². The first kappa shape index (κ1) is 12.5. The Balaban J connectivity index is 2.22. The molecular weight excluding hydrogens is 220 g/mol. The summed E-state index contributed by atoms with van der Waals surface area (Å²) in [5.74, 6) is 0.997. The first-order chi connectivity index (χ1) is 8.22. The minimum absolute atomic E-state index is 0.149. The normalized spacial score (nSPS) is 25.2. The van der Waals surface area contributed by atoms with Crippen LogP contribution in [-0.4, -0.2) is 13.1 Å². The molecule has 0 spiro atoms. The fourth-order valence-electron chi connectivity index (χ4n) is 2.72. The van der Waals surface area contributed by atoms with Gasteiger partial charge < -0.3 is 5.32 Å². The fourth-order valence-corrected chi connectivity index (χ4v) is 2.72. The molecule has 0 amide bonds. The van der Waals surface area contributed by atoms with Crippen molar-refractivity contribution < 1.29 is 8.78 Å². The first-order valence-corrected chi connectivity index (χ1v) is 6.31. The molecule has 0 aliphatic carbocycles. The molecular formula is C14H19F2N. The van der Waals surface area contributed by atoms with E-state index in [1.807, 2.05) is 6.07 Å². The van der Waals surface area contributed by atoms with E-state index in [0.29, 0.717) is 11.8 Å². The van der Waals surface area contributed by atoms with Crippen LogP contribution in [0, 0.1) is 5.92 Å². The Kier molecular flexibility index (Phi) is 4.11. The summed E-state index contributed by atoms with van der Waals surface area (Å²) in [6.07, 6.45) is -0.223. The van der Waals surface area contributed by atoms with Gasteiger partial charge >= 0.3 is 0 Å². The third kappa shape index (κ3) is 2.83. The van der Waals surface area contributed by atoms with Gasteiger partial charge in [0.15, 0.2) is 0 Å². The van der Waals surface area contributed by atoms with E-state index in [1.54, 1.807) is 12.1 Å². The minimum atomic E-state index is -2.36. The largest absolute Gasteiger partial charge is 0.316 e. The molecule has 1 saturated heterocycles. The zero-order valence-corrected chi connectivity index (χ0v) is 10.1. The van der Waals surface area contributed by atoms with Crippen molar-refractivity contribution in [3.63, 3.8) is 0 Å². The van der Waals surface area contributed by atoms with Gasteiger partial charge in [0, 0.05) is 5.56 Å². The Morgan fingerprint density at radius 3 is 2.94 bits per heavy atom. The fraction of sp³-hybridized carbons (Fsp3) is 0.571. The monoisotopic (exact) mass is 239 g/mol. The second kappa shape index (κ2) is 5.58. The number of benzene rings is 1. The number of hydrogen-bond donors (Lipinski definition) is 1. The van der Waals surface area contributed by atoms with Gasteiger partial charge in [0.05, 0.1) is 0 Å². The van der Waals surface area contributed by atoms with E-state index in [0.717, 1.165) is 31.5 Å². The molecule has 3 heteroatoms. The van der Waals surface area contributed by atoms with E-state index in [1.165, 1.54) is 6.07 Å². The lowest BCUT2D eigenvalue weighted by molar-refractivity contribution is 0.151. The van der Waals surface area contributed by atoms with Crippen molar-refractivity contribution in [3.8, 4) is 0 Å². The summed E-state index contributed by atoms with van der Waals surface area (Å²) in [6.45, 7) is 4.15. The summed E-state index contributed by atoms with van der Waals surface area (Å²) in [6, 6.07) is 6.94. The van der Waals surface area contributed by atoms with Crippen LogP contribution in [0.5, 0.6) is 0 Å². The highest BCUT2D eigenvalue weighted by Crippen LogP contribution is 2.33. The summed E-state index contributed by atoms with van der Waals surface area (Å²) in [4.78, 5) is 0. The molecule has 2 rings (SSSR count). The smallest absolute Gasteiger partial charge is 0.263 e. The topological polar surface area (TPSA) is 12.0 Å². The second-order valence-corrected chi connectivity index (χ2v) is 4.74. The standard InChI is InChI=1S/C14H19F2N/c1-2-10-9-17-7-6-13(10)11-4-3-5-12(8-11)14(15)16/h3-5,8,10,13-14,17H,2,6-7,9H2,1H3. The van der Waals surface area contributed by atoms with Crippen molar-refractivity contribution in [1.29, 1.82) is 0 Å². The molecule has 1 N–H and O–H groups in total. The van der Waals surface area contributed by atoms with Crippen LogP contribution in [0.3, 0.4) is 0 Å². The Morgan fingerprint density at radius 2 is 2.24 bits per heavy atom. The Morgan fingerprint density at radius 1 is 1.41 bits per heavy atom. The summed E-state index contributed by atoms with van der Waals surface area (Å²) in [7, 11) is 0. The van der Waals surface area contributed by atoms with Crippen molar-refractivity contribution in [3.05, 3.63) is 35.4 Å². The average molecular weight is 239 g/mol. The van der Waals surface area contributed by atoms with E-state index < -0.39 is 6.43 Å². The van der Waals surface area contributed by atoms with Crippen LogP contribution in [0.1, 0.15) is 43.2 Å². The van der Waals surface area contributed by atoms with Crippen LogP contribution in [0.4, 0.5) is 8.78 Å². The minimum Gasteiger partial charge on any atom is -0.316 e. The second-order valence-electron chi connectivity index (χ2n) is 4.74. The van der Waals surface area contributed by atoms with Gasteiger partial charge in [0.2, 0.25) is 0 Å². The molecule has 1 aliphatic heterocycles. The number of alkyl halides is 2. The summed E-state index contributed by atoms with van der Waals surface area (Å²) >= 11 is 0. The SMILES string of the molecule is CCC1CNCCC1c1cccc(C(F)F)c1. The van der Waals surface area contributed by atoms with Crippen LogP contribution in [0.15, 0.2) is 24.3 Å². The number of piperidine rings is 1. The Hall–Kier alpha value is -0.960. The molecule has 1 aromatic carbocycles. The predicted octanol–water partition coefficient (Wildman–Crippen LogP) is 3.73. The highest BCUT2D eigenvalue weighted by Gasteiger charge is 2.25. The van der Waals surface area contributed by atoms with Gasteiger partial charge in [-0.3, -0.25) is 0 Å². The number of halogens is 2. The lowest BCUT2D eigenvalue weighted by Crippen LogP contribution is -2.35. The maximum Gasteiger partial charge on any atom is 0.263 e. The number of nitrogens with one attached hydrogen (secondary N) is 1. The van der Waals surface area contributed by atoms with E-state index in [4.69, 9.17) is 0 Å². The molecule has 17 heavy (non-hydrogen) atoms. The molecule has 2 atom stereocenters. The van der Waals surface area contributed by atoms with Gasteiger partial charge in [-0.05, 0) is 43.0 Å². The van der Waals surface area contributed by atoms with E-state index in [-0.39, 0.29) is 5.56 Å². The van der Waals surface area contributed by atoms with E-state index >= 15 is 0 Å². The molecule has 1 heterocycles. The molecule has 0 aromatic heterocycles. The highest BCUT2D eigenvalue weighted by atomic mass is 19.3. The lowest BCUT2D eigenvalue weighted by atomic mass is 9.79. The summed E-state index contributed by atoms with van der Waals surface area (Å²) in [5.41, 5.74) is 1.23. The molecule has 1 aromatic rings. The third-order valence-electron chi connectivity index (χ3n) is 3.72. The predicted molar refractivity (Wildman–Crippen MR) is 65.4 cm³/mol. The average Bonchev–Trinajstić information content (AvgIpc) is 2.39. The van der Waals surface area contributed by atoms with E-state index in [2.05, 4.69) is 12.2 Å². The Labute approximate surface area is 101 Å². The molecule has 1 fully saturated rings. The van der Waals surface area contributed by atoms with Crippen LogP contribution in [0.2, 0.25) is 0 Å². The molecule has 0 bridgehead atoms. The molecule has 0 saturated carbocycles. The Bertz CT molecular complexity index is 365. The molecule has 94 valence electrons. The van der Waals surface area contributed by atoms with Crippen molar-refractivity contribution in [1.82, 2.24) is 5.32 Å². The van der Waals surface area contributed by atoms with Gasteiger partial charge in [0.25, 0.3) is 6.43 Å². The van der Waals surface area contributed by atoms with Crippen LogP contribution in [0.25, 0.3) is 0 Å². The maximum atomic E-state index is 12.7. The highest BCUT2D eigenvalue weighted by molar-refractivity contribution is 5.28. The van der Waals surface area contributed by atoms with E-state index in [9.17, 15) is 8.78 Å². The third-order valence-corrected chi connectivity index (χ3v) is 3.72. The van der Waals surface area contributed by atoms with Crippen LogP contribution in [-0.2, 0) is 0 Å². The zero-order chi connectivity index (χ0) is 12.3. The zero-order valence-electron chi connectivity index (χ0n) is 10.1. The van der Waals surface area contributed by atoms with Gasteiger partial charge in [-0.1, -0.05) is 31.5 Å². The van der Waals surface area contributed by atoms with Crippen molar-refractivity contribution >= 4 is 0 Å². The molecule has 0 radical (unpaired) electrons. The van der Waals surface area contributed by atoms with Crippen molar-refractivity contribution in [2.24, 2.45) is 5.92 Å². The van der Waals surface area contributed by atoms with Gasteiger partial charge in [-0.2, -0.15) is 0 Å². The first-order valence-electron chi connectivity index (χ1n) is 6.31. The maximum absolute atomic E-state index is 12.7. The van der Waals surface area contributed by atoms with Gasteiger partial charge in [0.1, 0.15) is 0 Å². The van der Waals surface area contributed by atoms with Gasteiger partial charge in [-0.25, -0.2) is 8.78 Å². The van der Waals surface area contributed by atoms with Crippen molar-refractivity contribution in [2.45, 2.75) is 32.1 Å². The lowest BCUT2D eigenvalue weighted by Gasteiger charge is -2.32. The molecule has 2 unspecified atom stereocenters. The number of hydrogen-bond acceptors (Lipinski definition) is 1. The molecule has 1 aliphatic rings. The molecule has 1 nitrogen and oxygen atoms in total. The van der Waals surface area contributed by atoms with Gasteiger partial charge in [-0.15, -0.1) is 0 Å². The van der Waals surface area contributed by atoms with Crippen LogP contribution >= 0.6 is 0 Å². The van der Waals surface area contributed by atoms with Crippen molar-refractivity contribution in [2.75, 3.05) is 13.1 Å².